The number of alkyl halides is 5. The van der Waals surface area contributed by atoms with Crippen molar-refractivity contribution in [3.63, 3.8) is 0 Å². The SMILES string of the molecule is CC1=C2C(C(=O)NC(=O)N2C2CC2)C(N)(C(F)F)C(F)=C1N1CCC(C(N)C(OCF)(OCF)OCF)C1. The predicted octanol–water partition coefficient (Wildman–Crippen LogP) is 1.88. The first kappa shape index (κ1) is 28.6. The summed E-state index contributed by atoms with van der Waals surface area (Å²) < 4.78 is 98.0. The molecule has 4 unspecified atom stereocenters. The number of carbonyl (C=O) groups excluding carboxylic acids is 2. The molecule has 214 valence electrons. The standard InChI is InChI=1S/C22H29F6N5O5/c1-10-14-13(18(34)31-20(35)33(14)12-2-3-12)21(30,19(27)28)16(26)15(10)32-5-4-11(6-32)17(29)22(36-7-23,37-8-24)38-9-25/h11-13,17,19H,2-9,29-30H2,1H3,(H,31,34,35). The van der Waals surface area contributed by atoms with E-state index >= 15 is 4.39 Å². The second kappa shape index (κ2) is 10.6. The molecule has 0 aromatic carbocycles. The maximum atomic E-state index is 16.0. The molecule has 2 aliphatic heterocycles. The minimum Gasteiger partial charge on any atom is -0.369 e. The van der Waals surface area contributed by atoms with Gasteiger partial charge in [-0.3, -0.25) is 29.2 Å². The number of amides is 3. The van der Waals surface area contributed by atoms with E-state index in [1.54, 1.807) is 0 Å². The van der Waals surface area contributed by atoms with E-state index < -0.39 is 74.2 Å². The van der Waals surface area contributed by atoms with Crippen LogP contribution in [0.3, 0.4) is 0 Å². The van der Waals surface area contributed by atoms with Gasteiger partial charge in [-0.2, -0.15) is 0 Å². The van der Waals surface area contributed by atoms with Crippen molar-refractivity contribution in [2.75, 3.05) is 33.7 Å². The number of allylic oxidation sites excluding steroid dienone is 1. The van der Waals surface area contributed by atoms with Gasteiger partial charge >= 0.3 is 12.0 Å². The van der Waals surface area contributed by atoms with Gasteiger partial charge in [0.15, 0.2) is 26.4 Å². The van der Waals surface area contributed by atoms with E-state index in [-0.39, 0.29) is 42.5 Å². The molecule has 2 saturated heterocycles. The minimum atomic E-state index is -3.53. The molecule has 5 N–H and O–H groups in total. The first-order chi connectivity index (χ1) is 18.0. The van der Waals surface area contributed by atoms with E-state index in [1.165, 1.54) is 16.7 Å². The van der Waals surface area contributed by atoms with Gasteiger partial charge in [0.1, 0.15) is 11.5 Å². The third-order valence-electron chi connectivity index (χ3n) is 7.55. The Hall–Kier alpha value is -2.40. The summed E-state index contributed by atoms with van der Waals surface area (Å²) in [6.07, 6.45) is -2.32. The Bertz CT molecular complexity index is 1010. The van der Waals surface area contributed by atoms with Gasteiger partial charge in [-0.1, -0.05) is 0 Å². The first-order valence-electron chi connectivity index (χ1n) is 11.9. The Kier molecular flexibility index (Phi) is 8.01. The smallest absolute Gasteiger partial charge is 0.328 e. The number of carbonyl (C=O) groups is 2. The van der Waals surface area contributed by atoms with Gasteiger partial charge in [-0.25, -0.2) is 31.1 Å². The molecule has 3 fully saturated rings. The van der Waals surface area contributed by atoms with Crippen LogP contribution >= 0.6 is 0 Å². The zero-order valence-corrected chi connectivity index (χ0v) is 20.4. The van der Waals surface area contributed by atoms with Gasteiger partial charge in [-0.05, 0) is 31.8 Å². The largest absolute Gasteiger partial charge is 0.369 e. The molecule has 0 spiro atoms. The third-order valence-corrected chi connectivity index (χ3v) is 7.55. The van der Waals surface area contributed by atoms with E-state index in [9.17, 15) is 31.5 Å². The fourth-order valence-corrected chi connectivity index (χ4v) is 5.58. The van der Waals surface area contributed by atoms with Crippen LogP contribution in [0.25, 0.3) is 0 Å². The average molecular weight is 557 g/mol. The number of fused-ring (bicyclic) bond motifs is 1. The highest BCUT2D eigenvalue weighted by Gasteiger charge is 2.62. The molecule has 4 aliphatic rings. The van der Waals surface area contributed by atoms with Crippen LogP contribution in [0.1, 0.15) is 26.2 Å². The molecule has 0 radical (unpaired) electrons. The molecule has 2 heterocycles. The van der Waals surface area contributed by atoms with Crippen LogP contribution in [0, 0.1) is 11.8 Å². The number of nitrogens with one attached hydrogen (secondary N) is 1. The van der Waals surface area contributed by atoms with Crippen molar-refractivity contribution in [2.24, 2.45) is 23.3 Å². The predicted molar refractivity (Wildman–Crippen MR) is 117 cm³/mol. The second-order valence-corrected chi connectivity index (χ2v) is 9.62. The molecule has 16 heteroatoms. The molecule has 4 atom stereocenters. The number of ether oxygens (including phenoxy) is 3. The molecule has 10 nitrogen and oxygen atoms in total. The molecule has 4 rings (SSSR count). The van der Waals surface area contributed by atoms with Crippen molar-refractivity contribution in [3.8, 4) is 0 Å². The summed E-state index contributed by atoms with van der Waals surface area (Å²) in [4.78, 5) is 27.9. The lowest BCUT2D eigenvalue weighted by molar-refractivity contribution is -0.416. The van der Waals surface area contributed by atoms with Gasteiger partial charge in [0.2, 0.25) is 5.91 Å². The maximum Gasteiger partial charge on any atom is 0.328 e. The Morgan fingerprint density at radius 1 is 1.11 bits per heavy atom. The number of imide groups is 1. The Labute approximate surface area is 213 Å². The summed E-state index contributed by atoms with van der Waals surface area (Å²) in [6.45, 7) is -3.48. The van der Waals surface area contributed by atoms with E-state index in [2.05, 4.69) is 14.2 Å². The van der Waals surface area contributed by atoms with Crippen LogP contribution in [0.2, 0.25) is 0 Å². The highest BCUT2D eigenvalue weighted by molar-refractivity contribution is 6.02. The van der Waals surface area contributed by atoms with Gasteiger partial charge in [0, 0.05) is 30.7 Å². The van der Waals surface area contributed by atoms with Crippen molar-refractivity contribution in [2.45, 2.75) is 56.2 Å². The van der Waals surface area contributed by atoms with Gasteiger partial charge in [0.05, 0.1) is 11.7 Å². The molecular formula is C22H29F6N5O5. The topological polar surface area (TPSA) is 132 Å². The van der Waals surface area contributed by atoms with Crippen LogP contribution in [-0.2, 0) is 19.0 Å². The summed E-state index contributed by atoms with van der Waals surface area (Å²) >= 11 is 0. The van der Waals surface area contributed by atoms with E-state index in [0.29, 0.717) is 12.8 Å². The van der Waals surface area contributed by atoms with Gasteiger partial charge in [-0.15, -0.1) is 0 Å². The molecule has 2 aliphatic carbocycles. The Balaban J connectivity index is 1.74. The molecule has 38 heavy (non-hydrogen) atoms. The van der Waals surface area contributed by atoms with Crippen LogP contribution < -0.4 is 16.8 Å². The number of urea groups is 1. The number of nitrogens with zero attached hydrogens (tertiary/aromatic N) is 2. The van der Waals surface area contributed by atoms with Crippen molar-refractivity contribution in [1.82, 2.24) is 15.1 Å². The summed E-state index contributed by atoms with van der Waals surface area (Å²) in [5.41, 5.74) is 8.60. The summed E-state index contributed by atoms with van der Waals surface area (Å²) in [7, 11) is 0. The number of rotatable bonds is 11. The number of likely N-dealkylation sites (tertiary alicyclic amines) is 1. The van der Waals surface area contributed by atoms with Gasteiger partial charge in [0.25, 0.3) is 6.43 Å². The van der Waals surface area contributed by atoms with Crippen molar-refractivity contribution in [3.05, 3.63) is 22.8 Å². The lowest BCUT2D eigenvalue weighted by atomic mass is 9.73. The summed E-state index contributed by atoms with van der Waals surface area (Å²) in [5, 5.41) is 2.01. The normalized spacial score (nSPS) is 29.4. The number of hydrogen-bond acceptors (Lipinski definition) is 8. The Morgan fingerprint density at radius 2 is 1.68 bits per heavy atom. The van der Waals surface area contributed by atoms with Crippen LogP contribution in [-0.4, -0.2) is 85.4 Å². The molecule has 3 amide bonds. The quantitative estimate of drug-likeness (QED) is 0.259. The second-order valence-electron chi connectivity index (χ2n) is 9.62. The summed E-state index contributed by atoms with van der Waals surface area (Å²) in [5.74, 6) is -7.93. The summed E-state index contributed by atoms with van der Waals surface area (Å²) in [6, 6.07) is -2.68. The number of halogens is 6. The molecule has 0 aromatic heterocycles. The van der Waals surface area contributed by atoms with E-state index in [4.69, 9.17) is 11.5 Å². The van der Waals surface area contributed by atoms with Crippen LogP contribution in [0.4, 0.5) is 31.1 Å². The van der Waals surface area contributed by atoms with Crippen molar-refractivity contribution < 1.29 is 50.1 Å². The zero-order chi connectivity index (χ0) is 28.0. The van der Waals surface area contributed by atoms with E-state index in [0.717, 1.165) is 0 Å². The fraction of sp³-hybridized carbons (Fsp3) is 0.727. The number of nitrogens with two attached hydrogens (primary N) is 2. The Morgan fingerprint density at radius 3 is 2.18 bits per heavy atom. The van der Waals surface area contributed by atoms with Crippen molar-refractivity contribution in [1.29, 1.82) is 0 Å². The monoisotopic (exact) mass is 557 g/mol. The number of hydrogen-bond donors (Lipinski definition) is 3. The highest BCUT2D eigenvalue weighted by atomic mass is 19.3. The van der Waals surface area contributed by atoms with Crippen molar-refractivity contribution >= 4 is 11.9 Å². The zero-order valence-electron chi connectivity index (χ0n) is 20.4. The molecule has 1 saturated carbocycles. The molecule has 0 bridgehead atoms. The molecular weight excluding hydrogens is 528 g/mol. The molecule has 0 aromatic rings. The van der Waals surface area contributed by atoms with Crippen LogP contribution in [0.5, 0.6) is 0 Å². The first-order valence-corrected chi connectivity index (χ1v) is 11.9. The lowest BCUT2D eigenvalue weighted by Gasteiger charge is -2.47. The van der Waals surface area contributed by atoms with Gasteiger partial charge < -0.3 is 16.4 Å². The third kappa shape index (κ3) is 4.45. The fourth-order valence-electron chi connectivity index (χ4n) is 5.58. The maximum absolute atomic E-state index is 16.0. The van der Waals surface area contributed by atoms with E-state index in [1.807, 2.05) is 5.32 Å². The average Bonchev–Trinajstić information content (AvgIpc) is 3.58. The minimum absolute atomic E-state index is 0.00372. The van der Waals surface area contributed by atoms with Crippen LogP contribution in [0.15, 0.2) is 22.8 Å². The highest BCUT2D eigenvalue weighted by Crippen LogP contribution is 2.50. The lowest BCUT2D eigenvalue weighted by Crippen LogP contribution is -2.68.